The van der Waals surface area contributed by atoms with Crippen molar-refractivity contribution in [2.24, 2.45) is 0 Å². The zero-order chi connectivity index (χ0) is 11.7. The zero-order valence-corrected chi connectivity index (χ0v) is 9.57. The molecule has 0 saturated carbocycles. The fourth-order valence-electron chi connectivity index (χ4n) is 1.72. The second kappa shape index (κ2) is 3.89. The van der Waals surface area contributed by atoms with Crippen LogP contribution in [-0.4, -0.2) is 26.2 Å². The molecule has 0 radical (unpaired) electrons. The molecule has 1 aromatic heterocycles. The first kappa shape index (κ1) is 10.5. The van der Waals surface area contributed by atoms with Gasteiger partial charge in [0.25, 0.3) is 5.56 Å². The van der Waals surface area contributed by atoms with Crippen LogP contribution >= 0.6 is 0 Å². The Morgan fingerprint density at radius 2 is 2.00 bits per heavy atom. The minimum atomic E-state index is -0.0803. The molecule has 0 aliphatic heterocycles. The first-order chi connectivity index (χ1) is 7.63. The van der Waals surface area contributed by atoms with Gasteiger partial charge in [-0.05, 0) is 18.2 Å². The van der Waals surface area contributed by atoms with Gasteiger partial charge in [0.1, 0.15) is 5.75 Å². The average molecular weight is 218 g/mol. The highest BCUT2D eigenvalue weighted by Gasteiger charge is 2.07. The molecule has 0 fully saturated rings. The predicted molar refractivity (Wildman–Crippen MR) is 65.4 cm³/mol. The normalized spacial score (nSPS) is 10.4. The molecule has 0 aliphatic rings. The highest BCUT2D eigenvalue weighted by Crippen LogP contribution is 2.25. The number of pyridine rings is 1. The summed E-state index contributed by atoms with van der Waals surface area (Å²) < 4.78 is 5.17. The maximum absolute atomic E-state index is 11.6. The lowest BCUT2D eigenvalue weighted by atomic mass is 10.1. The molecule has 4 nitrogen and oxygen atoms in total. The highest BCUT2D eigenvalue weighted by atomic mass is 16.5. The molecule has 0 atom stereocenters. The number of hydrogen-bond donors (Lipinski definition) is 1. The number of anilines is 1. The molecule has 1 N–H and O–H groups in total. The van der Waals surface area contributed by atoms with Crippen molar-refractivity contribution < 1.29 is 4.74 Å². The standard InChI is InChI=1S/C12H14N2O2/c1-14(2)11-7-13-12(15)9-5-4-8(16-3)6-10(9)11/h4-7H,1-3H3,(H,13,15). The van der Waals surface area contributed by atoms with E-state index in [1.54, 1.807) is 25.4 Å². The maximum atomic E-state index is 11.6. The molecule has 0 amide bonds. The van der Waals surface area contributed by atoms with Crippen LogP contribution in [0.15, 0.2) is 29.2 Å². The summed E-state index contributed by atoms with van der Waals surface area (Å²) in [5, 5.41) is 1.57. The Morgan fingerprint density at radius 1 is 1.25 bits per heavy atom. The molecule has 4 heteroatoms. The average Bonchev–Trinajstić information content (AvgIpc) is 2.28. The Kier molecular flexibility index (Phi) is 2.56. The predicted octanol–water partition coefficient (Wildman–Crippen LogP) is 1.60. The molecule has 16 heavy (non-hydrogen) atoms. The highest BCUT2D eigenvalue weighted by molar-refractivity contribution is 5.94. The summed E-state index contributed by atoms with van der Waals surface area (Å²) in [4.78, 5) is 16.3. The molecule has 2 rings (SSSR count). The van der Waals surface area contributed by atoms with Gasteiger partial charge in [-0.15, -0.1) is 0 Å². The number of H-pyrrole nitrogens is 1. The third-order valence-corrected chi connectivity index (χ3v) is 2.57. The van der Waals surface area contributed by atoms with Crippen LogP contribution in [0.5, 0.6) is 5.75 Å². The van der Waals surface area contributed by atoms with Crippen LogP contribution < -0.4 is 15.2 Å². The van der Waals surface area contributed by atoms with Gasteiger partial charge < -0.3 is 14.6 Å². The smallest absolute Gasteiger partial charge is 0.255 e. The summed E-state index contributed by atoms with van der Waals surface area (Å²) in [6.07, 6.45) is 1.71. The Labute approximate surface area is 93.5 Å². The van der Waals surface area contributed by atoms with E-state index in [1.165, 1.54) is 0 Å². The fourth-order valence-corrected chi connectivity index (χ4v) is 1.72. The number of aromatic amines is 1. The number of rotatable bonds is 2. The lowest BCUT2D eigenvalue weighted by Gasteiger charge is -2.15. The van der Waals surface area contributed by atoms with Crippen molar-refractivity contribution in [3.05, 3.63) is 34.7 Å². The van der Waals surface area contributed by atoms with Gasteiger partial charge in [0, 0.05) is 31.1 Å². The van der Waals surface area contributed by atoms with E-state index in [1.807, 2.05) is 25.1 Å². The first-order valence-electron chi connectivity index (χ1n) is 5.00. The molecule has 0 aliphatic carbocycles. The van der Waals surface area contributed by atoms with Crippen LogP contribution in [0.4, 0.5) is 5.69 Å². The van der Waals surface area contributed by atoms with Gasteiger partial charge in [-0.2, -0.15) is 0 Å². The topological polar surface area (TPSA) is 45.3 Å². The van der Waals surface area contributed by atoms with Gasteiger partial charge in [-0.25, -0.2) is 0 Å². The first-order valence-corrected chi connectivity index (χ1v) is 5.00. The minimum Gasteiger partial charge on any atom is -0.497 e. The van der Waals surface area contributed by atoms with Gasteiger partial charge in [0.05, 0.1) is 12.8 Å². The second-order valence-corrected chi connectivity index (χ2v) is 3.81. The molecule has 1 aromatic carbocycles. The van der Waals surface area contributed by atoms with Gasteiger partial charge in [0.2, 0.25) is 0 Å². The van der Waals surface area contributed by atoms with Crippen LogP contribution in [0.1, 0.15) is 0 Å². The van der Waals surface area contributed by atoms with E-state index in [-0.39, 0.29) is 5.56 Å². The number of nitrogens with zero attached hydrogens (tertiary/aromatic N) is 1. The lowest BCUT2D eigenvalue weighted by molar-refractivity contribution is 0.415. The van der Waals surface area contributed by atoms with Crippen LogP contribution in [0, 0.1) is 0 Å². The van der Waals surface area contributed by atoms with Crippen molar-refractivity contribution in [1.82, 2.24) is 4.98 Å². The van der Waals surface area contributed by atoms with Crippen LogP contribution in [0.25, 0.3) is 10.8 Å². The second-order valence-electron chi connectivity index (χ2n) is 3.81. The van der Waals surface area contributed by atoms with Gasteiger partial charge in [-0.1, -0.05) is 0 Å². The van der Waals surface area contributed by atoms with E-state index >= 15 is 0 Å². The molecule has 0 unspecified atom stereocenters. The third kappa shape index (κ3) is 1.62. The summed E-state index contributed by atoms with van der Waals surface area (Å²) in [5.74, 6) is 0.751. The quantitative estimate of drug-likeness (QED) is 0.832. The number of fused-ring (bicyclic) bond motifs is 1. The van der Waals surface area contributed by atoms with Gasteiger partial charge >= 0.3 is 0 Å². The Hall–Kier alpha value is -1.97. The monoisotopic (exact) mass is 218 g/mol. The number of hydrogen-bond acceptors (Lipinski definition) is 3. The Morgan fingerprint density at radius 3 is 2.62 bits per heavy atom. The van der Waals surface area contributed by atoms with E-state index in [0.717, 1.165) is 16.8 Å². The van der Waals surface area contributed by atoms with Crippen molar-refractivity contribution in [3.8, 4) is 5.75 Å². The molecule has 2 aromatic rings. The van der Waals surface area contributed by atoms with E-state index in [4.69, 9.17) is 4.74 Å². The third-order valence-electron chi connectivity index (χ3n) is 2.57. The fraction of sp³-hybridized carbons (Fsp3) is 0.250. The van der Waals surface area contributed by atoms with E-state index < -0.39 is 0 Å². The Balaban J connectivity index is 2.83. The summed E-state index contributed by atoms with van der Waals surface area (Å²) in [6, 6.07) is 5.44. The number of aromatic nitrogens is 1. The molecule has 0 saturated heterocycles. The molecule has 0 bridgehead atoms. The van der Waals surface area contributed by atoms with Gasteiger partial charge in [-0.3, -0.25) is 4.79 Å². The van der Waals surface area contributed by atoms with E-state index in [2.05, 4.69) is 4.98 Å². The zero-order valence-electron chi connectivity index (χ0n) is 9.57. The van der Waals surface area contributed by atoms with Crippen molar-refractivity contribution in [2.75, 3.05) is 26.1 Å². The van der Waals surface area contributed by atoms with Crippen LogP contribution in [-0.2, 0) is 0 Å². The minimum absolute atomic E-state index is 0.0803. The summed E-state index contributed by atoms with van der Waals surface area (Å²) >= 11 is 0. The Bertz CT molecular complexity index is 573. The summed E-state index contributed by atoms with van der Waals surface area (Å²) in [5.41, 5.74) is 0.886. The summed E-state index contributed by atoms with van der Waals surface area (Å²) in [7, 11) is 5.49. The van der Waals surface area contributed by atoms with Crippen molar-refractivity contribution in [2.45, 2.75) is 0 Å². The van der Waals surface area contributed by atoms with Crippen LogP contribution in [0.2, 0.25) is 0 Å². The molecule has 0 spiro atoms. The number of methoxy groups -OCH3 is 1. The molecule has 84 valence electrons. The number of benzene rings is 1. The van der Waals surface area contributed by atoms with Crippen LogP contribution in [0.3, 0.4) is 0 Å². The van der Waals surface area contributed by atoms with E-state index in [9.17, 15) is 4.79 Å². The van der Waals surface area contributed by atoms with Crippen molar-refractivity contribution in [3.63, 3.8) is 0 Å². The number of nitrogens with one attached hydrogen (secondary N) is 1. The SMILES string of the molecule is COc1ccc2c(=O)[nH]cc(N(C)C)c2c1. The molecular weight excluding hydrogens is 204 g/mol. The van der Waals surface area contributed by atoms with Crippen molar-refractivity contribution in [1.29, 1.82) is 0 Å². The maximum Gasteiger partial charge on any atom is 0.255 e. The van der Waals surface area contributed by atoms with Gasteiger partial charge in [0.15, 0.2) is 0 Å². The van der Waals surface area contributed by atoms with E-state index in [0.29, 0.717) is 5.39 Å². The molecule has 1 heterocycles. The largest absolute Gasteiger partial charge is 0.497 e. The number of ether oxygens (including phenoxy) is 1. The summed E-state index contributed by atoms with van der Waals surface area (Å²) in [6.45, 7) is 0. The molecular formula is C12H14N2O2. The van der Waals surface area contributed by atoms with Crippen molar-refractivity contribution >= 4 is 16.5 Å². The lowest BCUT2D eigenvalue weighted by Crippen LogP contribution is -2.14.